The van der Waals surface area contributed by atoms with Crippen molar-refractivity contribution in [1.29, 1.82) is 0 Å². The monoisotopic (exact) mass is 450 g/mol. The topological polar surface area (TPSA) is 52.6 Å². The van der Waals surface area contributed by atoms with Crippen LogP contribution in [0.2, 0.25) is 20.1 Å². The van der Waals surface area contributed by atoms with Gasteiger partial charge in [0.2, 0.25) is 0 Å². The molecule has 4 nitrogen and oxygen atoms in total. The maximum absolute atomic E-state index is 11.0. The lowest BCUT2D eigenvalue weighted by atomic mass is 10.3. The molecule has 2 aromatic rings. The highest BCUT2D eigenvalue weighted by atomic mass is 35.7. The molecule has 10 heteroatoms. The number of hydrogen-bond acceptors (Lipinski definition) is 4. The van der Waals surface area contributed by atoms with Crippen LogP contribution in [0.5, 0.6) is 11.5 Å². The first kappa shape index (κ1) is 21.5. The van der Waals surface area contributed by atoms with Gasteiger partial charge in [-0.2, -0.15) is 0 Å². The van der Waals surface area contributed by atoms with Crippen LogP contribution in [0.3, 0.4) is 0 Å². The molecule has 0 aliphatic heterocycles. The van der Waals surface area contributed by atoms with Crippen molar-refractivity contribution >= 4 is 66.1 Å². The predicted octanol–water partition coefficient (Wildman–Crippen LogP) is 5.93. The Morgan fingerprint density at radius 3 is 1.79 bits per heavy atom. The molecule has 0 heterocycles. The third kappa shape index (κ3) is 5.48. The van der Waals surface area contributed by atoms with Crippen LogP contribution in [0.15, 0.2) is 35.2 Å². The van der Waals surface area contributed by atoms with Gasteiger partial charge in [-0.3, -0.25) is 0 Å². The zero-order valence-corrected chi connectivity index (χ0v) is 16.9. The molecule has 0 unspecified atom stereocenters. The van der Waals surface area contributed by atoms with Crippen molar-refractivity contribution in [3.8, 4) is 11.5 Å². The Kier molecular flexibility index (Phi) is 8.26. The van der Waals surface area contributed by atoms with Crippen LogP contribution in [-0.4, -0.2) is 22.6 Å². The minimum atomic E-state index is -3.88. The number of halogens is 5. The first-order valence-electron chi connectivity index (χ1n) is 6.08. The van der Waals surface area contributed by atoms with Crippen molar-refractivity contribution in [3.05, 3.63) is 50.4 Å². The van der Waals surface area contributed by atoms with Crippen LogP contribution in [0.25, 0.3) is 0 Å². The highest BCUT2D eigenvalue weighted by Gasteiger charge is 2.19. The molecule has 0 spiro atoms. The average Bonchev–Trinajstić information content (AvgIpc) is 2.52. The maximum atomic E-state index is 11.0. The summed E-state index contributed by atoms with van der Waals surface area (Å²) in [5.74, 6) is 0.898. The van der Waals surface area contributed by atoms with Crippen molar-refractivity contribution < 1.29 is 17.9 Å². The maximum Gasteiger partial charge on any atom is 0.262 e. The molecular formula is C14H11Cl5O4S. The predicted molar refractivity (Wildman–Crippen MR) is 99.1 cm³/mol. The van der Waals surface area contributed by atoms with E-state index in [2.05, 4.69) is 0 Å². The van der Waals surface area contributed by atoms with Crippen molar-refractivity contribution in [3.63, 3.8) is 0 Å². The Morgan fingerprint density at radius 2 is 1.33 bits per heavy atom. The smallest absolute Gasteiger partial charge is 0.262 e. The molecule has 0 N–H and O–H groups in total. The first-order valence-corrected chi connectivity index (χ1v) is 9.90. The molecule has 0 aromatic heterocycles. The van der Waals surface area contributed by atoms with Crippen LogP contribution in [-0.2, 0) is 9.05 Å². The van der Waals surface area contributed by atoms with Crippen molar-refractivity contribution in [1.82, 2.24) is 0 Å². The van der Waals surface area contributed by atoms with Gasteiger partial charge in [-0.1, -0.05) is 52.5 Å². The average molecular weight is 453 g/mol. The SMILES string of the molecule is COc1ccc(S(=O)(=O)Cl)c(Cl)c1Cl.COc1cccc(Cl)c1Cl. The summed E-state index contributed by atoms with van der Waals surface area (Å²) < 4.78 is 31.7. The van der Waals surface area contributed by atoms with Gasteiger partial charge in [0.15, 0.2) is 0 Å². The molecule has 0 saturated carbocycles. The number of hydrogen-bond donors (Lipinski definition) is 0. The Hall–Kier alpha value is -0.560. The van der Waals surface area contributed by atoms with Crippen LogP contribution in [0.1, 0.15) is 0 Å². The number of ether oxygens (including phenoxy) is 2. The molecule has 0 radical (unpaired) electrons. The Balaban J connectivity index is 0.000000254. The minimum Gasteiger partial charge on any atom is -0.495 e. The summed E-state index contributed by atoms with van der Waals surface area (Å²) in [6.45, 7) is 0. The van der Waals surface area contributed by atoms with E-state index in [1.165, 1.54) is 19.2 Å². The molecule has 0 atom stereocenters. The first-order chi connectivity index (χ1) is 11.1. The summed E-state index contributed by atoms with van der Waals surface area (Å²) >= 11 is 22.8. The van der Waals surface area contributed by atoms with E-state index in [0.717, 1.165) is 0 Å². The molecule has 0 saturated heterocycles. The standard InChI is InChI=1S/C7H5Cl3O3S.C7H6Cl2O/c1-13-4-2-3-5(14(10,11)12)7(9)6(4)8;1-10-6-4-2-3-5(8)7(6)9/h2-3H,1H3;2-4H,1H3. The summed E-state index contributed by atoms with van der Waals surface area (Å²) in [4.78, 5) is -0.230. The molecular weight excluding hydrogens is 441 g/mol. The summed E-state index contributed by atoms with van der Waals surface area (Å²) in [6.07, 6.45) is 0. The van der Waals surface area contributed by atoms with Crippen molar-refractivity contribution in [2.45, 2.75) is 4.90 Å². The summed E-state index contributed by atoms with van der Waals surface area (Å²) in [5.41, 5.74) is 0. The fourth-order valence-corrected chi connectivity index (χ4v) is 3.68. The Labute approximate surface area is 164 Å². The largest absolute Gasteiger partial charge is 0.495 e. The second kappa shape index (κ2) is 9.22. The van der Waals surface area contributed by atoms with E-state index in [-0.39, 0.29) is 14.9 Å². The summed E-state index contributed by atoms with van der Waals surface area (Å²) in [6, 6.07) is 7.87. The van der Waals surface area contributed by atoms with Crippen LogP contribution in [0.4, 0.5) is 0 Å². The minimum absolute atomic E-state index is 0.0240. The number of rotatable bonds is 3. The van der Waals surface area contributed by atoms with Gasteiger partial charge in [0, 0.05) is 10.7 Å². The normalized spacial score (nSPS) is 10.6. The van der Waals surface area contributed by atoms with Crippen molar-refractivity contribution in [2.75, 3.05) is 14.2 Å². The van der Waals surface area contributed by atoms with E-state index < -0.39 is 9.05 Å². The molecule has 0 aliphatic rings. The van der Waals surface area contributed by atoms with Crippen LogP contribution >= 0.6 is 57.1 Å². The Bertz CT molecular complexity index is 824. The lowest BCUT2D eigenvalue weighted by Gasteiger charge is -2.06. The fourth-order valence-electron chi connectivity index (χ4n) is 1.50. The van der Waals surface area contributed by atoms with E-state index in [9.17, 15) is 8.42 Å². The van der Waals surface area contributed by atoms with Crippen molar-refractivity contribution in [2.24, 2.45) is 0 Å². The molecule has 2 aromatic carbocycles. The highest BCUT2D eigenvalue weighted by molar-refractivity contribution is 8.13. The van der Waals surface area contributed by atoms with Gasteiger partial charge in [0.05, 0.1) is 24.3 Å². The summed E-state index contributed by atoms with van der Waals surface area (Å²) in [5, 5.41) is 0.865. The third-order valence-corrected chi connectivity index (χ3v) is 5.77. The second-order valence-electron chi connectivity index (χ2n) is 4.09. The van der Waals surface area contributed by atoms with Gasteiger partial charge in [-0.05, 0) is 24.3 Å². The molecule has 0 bridgehead atoms. The molecule has 0 fully saturated rings. The van der Waals surface area contributed by atoms with Crippen LogP contribution < -0.4 is 9.47 Å². The van der Waals surface area contributed by atoms with Gasteiger partial charge in [-0.15, -0.1) is 0 Å². The van der Waals surface area contributed by atoms with Gasteiger partial charge >= 0.3 is 0 Å². The van der Waals surface area contributed by atoms with Gasteiger partial charge in [0.1, 0.15) is 26.4 Å². The fraction of sp³-hybridized carbons (Fsp3) is 0.143. The highest BCUT2D eigenvalue weighted by Crippen LogP contribution is 2.37. The lowest BCUT2D eigenvalue weighted by Crippen LogP contribution is -1.94. The second-order valence-corrected chi connectivity index (χ2v) is 8.16. The van der Waals surface area contributed by atoms with E-state index in [1.54, 1.807) is 25.3 Å². The molecule has 2 rings (SSSR count). The lowest BCUT2D eigenvalue weighted by molar-refractivity contribution is 0.414. The number of methoxy groups -OCH3 is 2. The van der Waals surface area contributed by atoms with Gasteiger partial charge < -0.3 is 9.47 Å². The van der Waals surface area contributed by atoms with E-state index in [4.69, 9.17) is 66.6 Å². The van der Waals surface area contributed by atoms with E-state index >= 15 is 0 Å². The summed E-state index contributed by atoms with van der Waals surface area (Å²) in [7, 11) is 4.19. The molecule has 132 valence electrons. The number of benzene rings is 2. The van der Waals surface area contributed by atoms with E-state index in [1.807, 2.05) is 0 Å². The molecule has 0 aliphatic carbocycles. The van der Waals surface area contributed by atoms with E-state index in [0.29, 0.717) is 21.5 Å². The molecule has 24 heavy (non-hydrogen) atoms. The van der Waals surface area contributed by atoms with Gasteiger partial charge in [-0.25, -0.2) is 8.42 Å². The Morgan fingerprint density at radius 1 is 0.792 bits per heavy atom. The quantitative estimate of drug-likeness (QED) is 0.542. The zero-order valence-electron chi connectivity index (χ0n) is 12.3. The zero-order chi connectivity index (χ0) is 18.5. The van der Waals surface area contributed by atoms with Gasteiger partial charge in [0.25, 0.3) is 9.05 Å². The van der Waals surface area contributed by atoms with Crippen LogP contribution in [0, 0.1) is 0 Å². The molecule has 0 amide bonds. The third-order valence-electron chi connectivity index (χ3n) is 2.63.